The number of carboxylic acids is 1. The number of rotatable bonds is 5. The number of nitrogens with zero attached hydrogens (tertiary/aromatic N) is 2. The van der Waals surface area contributed by atoms with Crippen LogP contribution in [0.3, 0.4) is 0 Å². The summed E-state index contributed by atoms with van der Waals surface area (Å²) in [6, 6.07) is 8.52. The third kappa shape index (κ3) is 4.28. The second-order valence-electron chi connectivity index (χ2n) is 10.4. The van der Waals surface area contributed by atoms with Crippen LogP contribution in [0.1, 0.15) is 92.5 Å². The Bertz CT molecular complexity index is 1710. The van der Waals surface area contributed by atoms with Gasteiger partial charge in [-0.15, -0.1) is 0 Å². The van der Waals surface area contributed by atoms with Crippen molar-refractivity contribution in [2.45, 2.75) is 74.1 Å². The summed E-state index contributed by atoms with van der Waals surface area (Å²) in [7, 11) is 0. The summed E-state index contributed by atoms with van der Waals surface area (Å²) in [6.07, 6.45) is 2.34. The minimum atomic E-state index is -0.797. The Balaban J connectivity index is 1.95. The van der Waals surface area contributed by atoms with Crippen LogP contribution < -0.4 is 0 Å². The van der Waals surface area contributed by atoms with Crippen LogP contribution in [0.15, 0.2) is 24.3 Å². The zero-order valence-corrected chi connectivity index (χ0v) is 23.4. The van der Waals surface area contributed by atoms with Crippen molar-refractivity contribution >= 4 is 50.3 Å². The SMILES string of the molecule is CCC1=C(C)c2cc3nc(cc4[nH]c(cc5[nH]c(cc1n2)c(CC)c5C)c(CCC(=O)O)c4C)C(C)=C3C. The molecule has 0 saturated heterocycles. The molecule has 6 heteroatoms. The van der Waals surface area contributed by atoms with E-state index in [0.29, 0.717) is 6.42 Å². The number of carbonyl (C=O) groups is 1. The Morgan fingerprint density at radius 1 is 0.684 bits per heavy atom. The third-order valence-electron chi connectivity index (χ3n) is 8.28. The molecule has 0 saturated carbocycles. The Morgan fingerprint density at radius 2 is 1.21 bits per heavy atom. The van der Waals surface area contributed by atoms with E-state index in [9.17, 15) is 9.90 Å². The molecule has 5 rings (SSSR count). The van der Waals surface area contributed by atoms with Crippen molar-refractivity contribution in [3.63, 3.8) is 0 Å². The van der Waals surface area contributed by atoms with E-state index in [1.165, 1.54) is 22.3 Å². The molecule has 0 spiro atoms. The van der Waals surface area contributed by atoms with Gasteiger partial charge in [0.2, 0.25) is 0 Å². The van der Waals surface area contributed by atoms with Crippen molar-refractivity contribution in [3.8, 4) is 0 Å². The number of carboxylic acid groups (broad SMARTS) is 1. The number of fused-ring (bicyclic) bond motifs is 8. The van der Waals surface area contributed by atoms with Crippen LogP contribution in [0.4, 0.5) is 0 Å². The van der Waals surface area contributed by atoms with Crippen molar-refractivity contribution in [1.29, 1.82) is 0 Å². The van der Waals surface area contributed by atoms with Crippen LogP contribution in [0.2, 0.25) is 0 Å². The lowest BCUT2D eigenvalue weighted by Crippen LogP contribution is -1.97. The molecule has 3 aromatic rings. The summed E-state index contributed by atoms with van der Waals surface area (Å²) in [6.45, 7) is 14.9. The zero-order valence-electron chi connectivity index (χ0n) is 23.4. The number of aromatic amines is 2. The first-order valence-corrected chi connectivity index (χ1v) is 13.5. The van der Waals surface area contributed by atoms with Gasteiger partial charge in [0.15, 0.2) is 0 Å². The first-order chi connectivity index (χ1) is 18.1. The predicted octanol–water partition coefficient (Wildman–Crippen LogP) is 7.80. The predicted molar refractivity (Wildman–Crippen MR) is 157 cm³/mol. The fourth-order valence-corrected chi connectivity index (χ4v) is 5.75. The van der Waals surface area contributed by atoms with E-state index in [-0.39, 0.29) is 6.42 Å². The number of nitrogens with one attached hydrogen (secondary N) is 2. The molecule has 3 aromatic heterocycles. The average molecular weight is 509 g/mol. The van der Waals surface area contributed by atoms with Crippen LogP contribution in [0.5, 0.6) is 0 Å². The molecule has 0 aromatic carbocycles. The summed E-state index contributed by atoms with van der Waals surface area (Å²) < 4.78 is 0. The van der Waals surface area contributed by atoms with Crippen LogP contribution in [0.25, 0.3) is 44.4 Å². The highest BCUT2D eigenvalue weighted by Crippen LogP contribution is 2.36. The summed E-state index contributed by atoms with van der Waals surface area (Å²) in [5, 5.41) is 9.41. The first-order valence-electron chi connectivity index (χ1n) is 13.5. The summed E-state index contributed by atoms with van der Waals surface area (Å²) in [5.41, 5.74) is 17.1. The van der Waals surface area contributed by atoms with E-state index >= 15 is 0 Å². The quantitative estimate of drug-likeness (QED) is 0.328. The van der Waals surface area contributed by atoms with E-state index < -0.39 is 5.97 Å². The summed E-state index contributed by atoms with van der Waals surface area (Å²) in [5.74, 6) is -0.797. The second-order valence-corrected chi connectivity index (χ2v) is 10.4. The zero-order chi connectivity index (χ0) is 27.3. The lowest BCUT2D eigenvalue weighted by molar-refractivity contribution is -0.136. The summed E-state index contributed by atoms with van der Waals surface area (Å²) >= 11 is 0. The number of aromatic nitrogens is 4. The molecule has 38 heavy (non-hydrogen) atoms. The molecule has 0 amide bonds. The monoisotopic (exact) mass is 508 g/mol. The van der Waals surface area contributed by atoms with Gasteiger partial charge in [-0.1, -0.05) is 13.8 Å². The molecule has 0 aliphatic carbocycles. The minimum absolute atomic E-state index is 0.0811. The molecule has 2 aliphatic heterocycles. The maximum Gasteiger partial charge on any atom is 0.303 e. The maximum atomic E-state index is 11.5. The number of hydrogen-bond donors (Lipinski definition) is 3. The molecule has 0 unspecified atom stereocenters. The van der Waals surface area contributed by atoms with E-state index in [4.69, 9.17) is 9.97 Å². The van der Waals surface area contributed by atoms with Crippen molar-refractivity contribution in [3.05, 3.63) is 69.3 Å². The number of allylic oxidation sites excluding steroid dienone is 4. The van der Waals surface area contributed by atoms with Gasteiger partial charge in [-0.05, 0) is 123 Å². The molecule has 8 bridgehead atoms. The number of H-pyrrole nitrogens is 2. The largest absolute Gasteiger partial charge is 0.481 e. The highest BCUT2D eigenvalue weighted by Gasteiger charge is 2.19. The molecule has 5 heterocycles. The van der Waals surface area contributed by atoms with Crippen molar-refractivity contribution < 1.29 is 9.90 Å². The van der Waals surface area contributed by atoms with Gasteiger partial charge >= 0.3 is 5.97 Å². The fourth-order valence-electron chi connectivity index (χ4n) is 5.75. The van der Waals surface area contributed by atoms with Gasteiger partial charge in [-0.2, -0.15) is 0 Å². The highest BCUT2D eigenvalue weighted by molar-refractivity contribution is 5.95. The molecule has 0 radical (unpaired) electrons. The smallest absolute Gasteiger partial charge is 0.303 e. The molecular formula is C32H36N4O2. The van der Waals surface area contributed by atoms with Crippen LogP contribution in [-0.2, 0) is 17.6 Å². The lowest BCUT2D eigenvalue weighted by Gasteiger charge is -2.00. The van der Waals surface area contributed by atoms with Crippen LogP contribution in [-0.4, -0.2) is 31.0 Å². The second kappa shape index (κ2) is 9.75. The Labute approximate surface area is 223 Å². The number of aliphatic carboxylic acids is 1. The van der Waals surface area contributed by atoms with E-state index in [0.717, 1.165) is 80.0 Å². The van der Waals surface area contributed by atoms with Crippen molar-refractivity contribution in [1.82, 2.24) is 19.9 Å². The van der Waals surface area contributed by atoms with Crippen molar-refractivity contribution in [2.24, 2.45) is 0 Å². The van der Waals surface area contributed by atoms with Crippen molar-refractivity contribution in [2.75, 3.05) is 0 Å². The molecule has 0 fully saturated rings. The summed E-state index contributed by atoms with van der Waals surface area (Å²) in [4.78, 5) is 28.8. The van der Waals surface area contributed by atoms with Gasteiger partial charge in [0, 0.05) is 28.5 Å². The fraction of sp³-hybridized carbons (Fsp3) is 0.344. The van der Waals surface area contributed by atoms with E-state index in [1.807, 2.05) is 0 Å². The average Bonchev–Trinajstić information content (AvgIpc) is 3.52. The highest BCUT2D eigenvalue weighted by atomic mass is 16.4. The first kappa shape index (κ1) is 25.7. The van der Waals surface area contributed by atoms with Gasteiger partial charge in [0.05, 0.1) is 22.8 Å². The molecule has 0 atom stereocenters. The maximum absolute atomic E-state index is 11.5. The van der Waals surface area contributed by atoms with Gasteiger partial charge < -0.3 is 15.1 Å². The Morgan fingerprint density at radius 3 is 1.84 bits per heavy atom. The molecule has 2 aliphatic rings. The molecule has 196 valence electrons. The topological polar surface area (TPSA) is 94.7 Å². The third-order valence-corrected chi connectivity index (χ3v) is 8.28. The number of hydrogen-bond acceptors (Lipinski definition) is 3. The Hall–Kier alpha value is -3.93. The number of aryl methyl sites for hydroxylation is 4. The van der Waals surface area contributed by atoms with E-state index in [1.54, 1.807) is 0 Å². The van der Waals surface area contributed by atoms with E-state index in [2.05, 4.69) is 82.7 Å². The van der Waals surface area contributed by atoms with Crippen LogP contribution >= 0.6 is 0 Å². The van der Waals surface area contributed by atoms with Gasteiger partial charge in [-0.25, -0.2) is 9.97 Å². The lowest BCUT2D eigenvalue weighted by atomic mass is 10.0. The molecular weight excluding hydrogens is 472 g/mol. The van der Waals surface area contributed by atoms with Gasteiger partial charge in [-0.3, -0.25) is 4.79 Å². The molecule has 3 N–H and O–H groups in total. The minimum Gasteiger partial charge on any atom is -0.481 e. The van der Waals surface area contributed by atoms with Crippen LogP contribution in [0, 0.1) is 13.8 Å². The standard InChI is InChI=1S/C32H36N4O2/c1-8-21-18(5)26-12-24-16(3)17(4)25(33-24)13-27-20(7)23(10-11-32(37)38)31(36-27)14-28-19(6)22(9-2)30(35-28)15-29(21)34-26/h12-15,35-36H,8-11H2,1-7H3,(H,37,38). The molecule has 6 nitrogen and oxygen atoms in total. The van der Waals surface area contributed by atoms with Gasteiger partial charge in [0.25, 0.3) is 0 Å². The van der Waals surface area contributed by atoms with Gasteiger partial charge in [0.1, 0.15) is 0 Å². The normalized spacial score (nSPS) is 13.6. The Kier molecular flexibility index (Phi) is 6.59.